The van der Waals surface area contributed by atoms with Crippen LogP contribution >= 0.6 is 0 Å². The molecule has 0 radical (unpaired) electrons. The van der Waals surface area contributed by atoms with Crippen molar-refractivity contribution in [2.45, 2.75) is 6.42 Å². The summed E-state index contributed by atoms with van der Waals surface area (Å²) in [6, 6.07) is 6.63. The number of carbonyl (C=O) groups is 2. The van der Waals surface area contributed by atoms with Crippen molar-refractivity contribution in [1.29, 1.82) is 0 Å². The fourth-order valence-corrected chi connectivity index (χ4v) is 2.60. The Morgan fingerprint density at radius 1 is 1.22 bits per heavy atom. The van der Waals surface area contributed by atoms with Gasteiger partial charge < -0.3 is 14.9 Å². The normalized spacial score (nSPS) is 15.1. The predicted octanol–water partition coefficient (Wildman–Crippen LogP) is 0.881. The van der Waals surface area contributed by atoms with E-state index >= 15 is 0 Å². The molecule has 0 spiro atoms. The number of amides is 1. The summed E-state index contributed by atoms with van der Waals surface area (Å²) in [5.74, 6) is -1.14. The summed E-state index contributed by atoms with van der Waals surface area (Å²) in [5, 5.41) is 8.65. The van der Waals surface area contributed by atoms with E-state index in [1.165, 1.54) is 6.07 Å². The van der Waals surface area contributed by atoms with E-state index in [0.29, 0.717) is 38.4 Å². The van der Waals surface area contributed by atoms with Gasteiger partial charge in [0.1, 0.15) is 5.82 Å². The van der Waals surface area contributed by atoms with Gasteiger partial charge >= 0.3 is 5.97 Å². The average Bonchev–Trinajstić information content (AvgIpc) is 2.53. The van der Waals surface area contributed by atoms with Gasteiger partial charge in [-0.25, -0.2) is 4.39 Å². The van der Waals surface area contributed by atoms with E-state index in [1.807, 2.05) is 4.90 Å². The van der Waals surface area contributed by atoms with Crippen molar-refractivity contribution in [3.8, 4) is 0 Å². The molecule has 0 aliphatic carbocycles. The van der Waals surface area contributed by atoms with Gasteiger partial charge in [0.05, 0.1) is 18.7 Å². The molecule has 0 atom stereocenters. The van der Waals surface area contributed by atoms with Crippen molar-refractivity contribution in [3.05, 3.63) is 30.1 Å². The zero-order valence-corrected chi connectivity index (χ0v) is 13.2. The Balaban J connectivity index is 1.81. The summed E-state index contributed by atoms with van der Waals surface area (Å²) in [7, 11) is 1.73. The quantitative estimate of drug-likeness (QED) is 0.842. The Morgan fingerprint density at radius 3 is 2.48 bits per heavy atom. The average molecular weight is 323 g/mol. The standard InChI is InChI=1S/C16H22FN3O3/c1-18(7-6-16(22)23)12-15(21)20-10-8-19(9-11-20)14-5-3-2-4-13(14)17/h2-5H,6-12H2,1H3,(H,22,23). The maximum atomic E-state index is 13.8. The molecule has 1 aromatic carbocycles. The number of benzene rings is 1. The van der Waals surface area contributed by atoms with Gasteiger partial charge in [0.2, 0.25) is 5.91 Å². The lowest BCUT2D eigenvalue weighted by molar-refractivity contribution is -0.138. The Hall–Kier alpha value is -2.15. The van der Waals surface area contributed by atoms with Crippen LogP contribution in [-0.4, -0.2) is 73.1 Å². The number of anilines is 1. The van der Waals surface area contributed by atoms with E-state index in [1.54, 1.807) is 35.0 Å². The number of halogens is 1. The minimum absolute atomic E-state index is 0.0187. The van der Waals surface area contributed by atoms with Gasteiger partial charge in [0, 0.05) is 32.7 Å². The molecule has 0 unspecified atom stereocenters. The van der Waals surface area contributed by atoms with E-state index in [0.717, 1.165) is 0 Å². The van der Waals surface area contributed by atoms with Crippen molar-refractivity contribution >= 4 is 17.6 Å². The summed E-state index contributed by atoms with van der Waals surface area (Å²) in [6.45, 7) is 2.81. The van der Waals surface area contributed by atoms with Gasteiger partial charge in [-0.15, -0.1) is 0 Å². The molecule has 0 saturated carbocycles. The van der Waals surface area contributed by atoms with Crippen LogP contribution < -0.4 is 4.90 Å². The number of hydrogen-bond donors (Lipinski definition) is 1. The number of piperazine rings is 1. The number of aliphatic carboxylic acids is 1. The second kappa shape index (κ2) is 7.92. The van der Waals surface area contributed by atoms with Crippen LogP contribution in [0.2, 0.25) is 0 Å². The summed E-state index contributed by atoms with van der Waals surface area (Å²) < 4.78 is 13.8. The number of carboxylic acid groups (broad SMARTS) is 1. The third kappa shape index (κ3) is 4.92. The summed E-state index contributed by atoms with van der Waals surface area (Å²) in [5.41, 5.74) is 0.568. The molecule has 1 saturated heterocycles. The van der Waals surface area contributed by atoms with Gasteiger partial charge in [-0.3, -0.25) is 14.5 Å². The largest absolute Gasteiger partial charge is 0.481 e. The highest BCUT2D eigenvalue weighted by molar-refractivity contribution is 5.78. The molecule has 2 rings (SSSR count). The van der Waals surface area contributed by atoms with Gasteiger partial charge in [0.25, 0.3) is 0 Å². The highest BCUT2D eigenvalue weighted by Gasteiger charge is 2.23. The predicted molar refractivity (Wildman–Crippen MR) is 84.9 cm³/mol. The van der Waals surface area contributed by atoms with Gasteiger partial charge in [-0.1, -0.05) is 12.1 Å². The molecular weight excluding hydrogens is 301 g/mol. The number of carboxylic acids is 1. The van der Waals surface area contributed by atoms with Crippen LogP contribution in [-0.2, 0) is 9.59 Å². The topological polar surface area (TPSA) is 64.1 Å². The summed E-state index contributed by atoms with van der Waals surface area (Å²) >= 11 is 0. The first kappa shape index (κ1) is 17.2. The van der Waals surface area contributed by atoms with Crippen LogP contribution in [0.5, 0.6) is 0 Å². The lowest BCUT2D eigenvalue weighted by atomic mass is 10.2. The third-order valence-corrected chi connectivity index (χ3v) is 3.94. The van der Waals surface area contributed by atoms with Crippen LogP contribution in [0.4, 0.5) is 10.1 Å². The molecule has 23 heavy (non-hydrogen) atoms. The fraction of sp³-hybridized carbons (Fsp3) is 0.500. The highest BCUT2D eigenvalue weighted by Crippen LogP contribution is 2.20. The Kier molecular flexibility index (Phi) is 5.92. The van der Waals surface area contributed by atoms with Crippen molar-refractivity contribution in [3.63, 3.8) is 0 Å². The number of likely N-dealkylation sites (N-methyl/N-ethyl adjacent to an activating group) is 1. The summed E-state index contributed by atoms with van der Waals surface area (Å²) in [4.78, 5) is 28.1. The highest BCUT2D eigenvalue weighted by atomic mass is 19.1. The van der Waals surface area contributed by atoms with E-state index in [9.17, 15) is 14.0 Å². The molecule has 1 heterocycles. The number of rotatable bonds is 6. The Labute approximate surface area is 135 Å². The zero-order chi connectivity index (χ0) is 16.8. The molecule has 7 heteroatoms. The third-order valence-electron chi connectivity index (χ3n) is 3.94. The molecule has 1 amide bonds. The molecule has 1 aromatic rings. The van der Waals surface area contributed by atoms with Crippen molar-refractivity contribution in [1.82, 2.24) is 9.80 Å². The van der Waals surface area contributed by atoms with Crippen molar-refractivity contribution in [2.24, 2.45) is 0 Å². The first-order chi connectivity index (χ1) is 11.0. The number of para-hydroxylation sites is 1. The van der Waals surface area contributed by atoms with Crippen molar-refractivity contribution in [2.75, 3.05) is 51.2 Å². The first-order valence-electron chi connectivity index (χ1n) is 7.65. The smallest absolute Gasteiger partial charge is 0.304 e. The van der Waals surface area contributed by atoms with Gasteiger partial charge in [0.15, 0.2) is 0 Å². The van der Waals surface area contributed by atoms with E-state index in [2.05, 4.69) is 0 Å². The van der Waals surface area contributed by atoms with Crippen LogP contribution in [0.15, 0.2) is 24.3 Å². The minimum Gasteiger partial charge on any atom is -0.481 e. The van der Waals surface area contributed by atoms with E-state index in [4.69, 9.17) is 5.11 Å². The van der Waals surface area contributed by atoms with Crippen LogP contribution in [0.3, 0.4) is 0 Å². The van der Waals surface area contributed by atoms with Gasteiger partial charge in [-0.2, -0.15) is 0 Å². The zero-order valence-electron chi connectivity index (χ0n) is 13.2. The van der Waals surface area contributed by atoms with Crippen LogP contribution in [0.25, 0.3) is 0 Å². The van der Waals surface area contributed by atoms with E-state index in [-0.39, 0.29) is 24.7 Å². The lowest BCUT2D eigenvalue weighted by Gasteiger charge is -2.36. The number of hydrogen-bond acceptors (Lipinski definition) is 4. The molecule has 1 aliphatic rings. The molecule has 1 N–H and O–H groups in total. The molecule has 6 nitrogen and oxygen atoms in total. The monoisotopic (exact) mass is 323 g/mol. The first-order valence-corrected chi connectivity index (χ1v) is 7.65. The second-order valence-corrected chi connectivity index (χ2v) is 5.70. The maximum Gasteiger partial charge on any atom is 0.304 e. The molecule has 126 valence electrons. The van der Waals surface area contributed by atoms with E-state index < -0.39 is 5.97 Å². The molecule has 1 aliphatic heterocycles. The Bertz CT molecular complexity index is 559. The molecular formula is C16H22FN3O3. The number of nitrogens with zero attached hydrogens (tertiary/aromatic N) is 3. The number of carbonyl (C=O) groups excluding carboxylic acids is 1. The van der Waals surface area contributed by atoms with Crippen molar-refractivity contribution < 1.29 is 19.1 Å². The van der Waals surface area contributed by atoms with Crippen LogP contribution in [0, 0.1) is 5.82 Å². The lowest BCUT2D eigenvalue weighted by Crippen LogP contribution is -2.51. The minimum atomic E-state index is -0.872. The molecule has 1 fully saturated rings. The SMILES string of the molecule is CN(CCC(=O)O)CC(=O)N1CCN(c2ccccc2F)CC1. The Morgan fingerprint density at radius 2 is 1.87 bits per heavy atom. The van der Waals surface area contributed by atoms with Crippen LogP contribution in [0.1, 0.15) is 6.42 Å². The second-order valence-electron chi connectivity index (χ2n) is 5.70. The summed E-state index contributed by atoms with van der Waals surface area (Å²) in [6.07, 6.45) is 0.0187. The molecule has 0 aromatic heterocycles. The van der Waals surface area contributed by atoms with Gasteiger partial charge in [-0.05, 0) is 19.2 Å². The fourth-order valence-electron chi connectivity index (χ4n) is 2.60. The molecule has 0 bridgehead atoms. The maximum absolute atomic E-state index is 13.8.